The van der Waals surface area contributed by atoms with Gasteiger partial charge in [0, 0.05) is 37.8 Å². The first kappa shape index (κ1) is 30.7. The minimum Gasteiger partial charge on any atom is -0.489 e. The maximum atomic E-state index is 11.7. The summed E-state index contributed by atoms with van der Waals surface area (Å²) in [6, 6.07) is 13.5. The van der Waals surface area contributed by atoms with Crippen LogP contribution in [0.4, 0.5) is 11.8 Å². The quantitative estimate of drug-likeness (QED) is 0.302. The standard InChI is InChI=1S/C28H32Cl2N6O4S/c1-28(2,22-14-19(16-31)25(24(30)15-22)39-13-8-29)21-4-6-23(7-5-21)40-18-20-17-33-27(35-41(3,37)38)34-26(20)36-11-9-32-10-12-36/h4-7,14-15,17,32H,8-13,18H2,1-3H3,(H,33,34,35). The van der Waals surface area contributed by atoms with Crippen molar-refractivity contribution in [3.63, 3.8) is 0 Å². The summed E-state index contributed by atoms with van der Waals surface area (Å²) in [5, 5.41) is 13.3. The van der Waals surface area contributed by atoms with Gasteiger partial charge in [-0.25, -0.2) is 13.4 Å². The third kappa shape index (κ3) is 7.71. The highest BCUT2D eigenvalue weighted by molar-refractivity contribution is 7.91. The minimum atomic E-state index is -3.51. The zero-order valence-corrected chi connectivity index (χ0v) is 25.4. The van der Waals surface area contributed by atoms with Crippen LogP contribution in [0.1, 0.15) is 36.1 Å². The number of hydrogen-bond donors (Lipinski definition) is 2. The predicted molar refractivity (Wildman–Crippen MR) is 161 cm³/mol. The minimum absolute atomic E-state index is 0.0228. The lowest BCUT2D eigenvalue weighted by atomic mass is 9.77. The van der Waals surface area contributed by atoms with Gasteiger partial charge in [0.1, 0.15) is 30.9 Å². The molecular weight excluding hydrogens is 587 g/mol. The van der Waals surface area contributed by atoms with E-state index in [1.807, 2.05) is 30.3 Å². The average molecular weight is 620 g/mol. The van der Waals surface area contributed by atoms with Crippen LogP contribution in [0, 0.1) is 11.3 Å². The van der Waals surface area contributed by atoms with Crippen LogP contribution >= 0.6 is 23.2 Å². The third-order valence-corrected chi connectivity index (χ3v) is 7.70. The number of ether oxygens (including phenoxy) is 2. The number of nitriles is 1. The van der Waals surface area contributed by atoms with Crippen molar-refractivity contribution >= 4 is 45.0 Å². The molecule has 1 saturated heterocycles. The number of nitrogens with one attached hydrogen (secondary N) is 2. The lowest BCUT2D eigenvalue weighted by molar-refractivity contribution is 0.305. The third-order valence-electron chi connectivity index (χ3n) is 6.71. The fraction of sp³-hybridized carbons (Fsp3) is 0.393. The maximum Gasteiger partial charge on any atom is 0.238 e. The summed E-state index contributed by atoms with van der Waals surface area (Å²) < 4.78 is 37.4. The molecule has 1 aliphatic heterocycles. The Bertz CT molecular complexity index is 1520. The molecule has 0 radical (unpaired) electrons. The van der Waals surface area contributed by atoms with E-state index < -0.39 is 15.4 Å². The summed E-state index contributed by atoms with van der Waals surface area (Å²) in [7, 11) is -3.51. The summed E-state index contributed by atoms with van der Waals surface area (Å²) in [4.78, 5) is 10.8. The highest BCUT2D eigenvalue weighted by Gasteiger charge is 2.26. The number of sulfonamides is 1. The number of nitrogens with zero attached hydrogens (tertiary/aromatic N) is 4. The Labute approximate surface area is 250 Å². The molecule has 2 heterocycles. The number of piperazine rings is 1. The van der Waals surface area contributed by atoms with E-state index in [2.05, 4.69) is 44.8 Å². The molecule has 2 N–H and O–H groups in total. The second kappa shape index (κ2) is 13.1. The van der Waals surface area contributed by atoms with Gasteiger partial charge < -0.3 is 19.7 Å². The van der Waals surface area contributed by atoms with E-state index in [-0.39, 0.29) is 19.2 Å². The number of aromatic nitrogens is 2. The molecule has 218 valence electrons. The van der Waals surface area contributed by atoms with E-state index in [0.29, 0.717) is 33.8 Å². The van der Waals surface area contributed by atoms with E-state index in [4.69, 9.17) is 32.7 Å². The summed E-state index contributed by atoms with van der Waals surface area (Å²) in [6.45, 7) is 7.60. The summed E-state index contributed by atoms with van der Waals surface area (Å²) in [5.41, 5.74) is 2.49. The van der Waals surface area contributed by atoms with Crippen LogP contribution in [0.15, 0.2) is 42.6 Å². The Hall–Kier alpha value is -3.30. The van der Waals surface area contributed by atoms with Gasteiger partial charge in [-0.2, -0.15) is 10.2 Å². The monoisotopic (exact) mass is 618 g/mol. The summed E-state index contributed by atoms with van der Waals surface area (Å²) in [5.74, 6) is 1.93. The molecule has 4 rings (SSSR count). The molecule has 0 aliphatic carbocycles. The average Bonchev–Trinajstić information content (AvgIpc) is 2.95. The highest BCUT2D eigenvalue weighted by Crippen LogP contribution is 2.38. The van der Waals surface area contributed by atoms with Gasteiger partial charge in [-0.15, -0.1) is 11.6 Å². The zero-order valence-electron chi connectivity index (χ0n) is 23.1. The SMILES string of the molecule is CC(C)(c1ccc(OCc2cnc(NS(C)(=O)=O)nc2N2CCNCC2)cc1)c1cc(Cl)c(OCCCl)c(C#N)c1. The van der Waals surface area contributed by atoms with Gasteiger partial charge in [0.25, 0.3) is 0 Å². The molecule has 1 aliphatic rings. The van der Waals surface area contributed by atoms with Crippen LogP contribution in [0.3, 0.4) is 0 Å². The second-order valence-corrected chi connectivity index (χ2v) is 12.6. The molecule has 1 fully saturated rings. The van der Waals surface area contributed by atoms with Crippen molar-refractivity contribution in [2.75, 3.05) is 54.5 Å². The van der Waals surface area contributed by atoms with E-state index in [1.165, 1.54) is 0 Å². The number of anilines is 2. The lowest BCUT2D eigenvalue weighted by Crippen LogP contribution is -2.44. The molecule has 1 aromatic heterocycles. The van der Waals surface area contributed by atoms with Crippen LogP contribution in [-0.4, -0.2) is 63.3 Å². The molecular formula is C28H32Cl2N6O4S. The van der Waals surface area contributed by atoms with E-state index >= 15 is 0 Å². The van der Waals surface area contributed by atoms with Gasteiger partial charge in [0.15, 0.2) is 5.75 Å². The first-order valence-corrected chi connectivity index (χ1v) is 15.8. The molecule has 0 amide bonds. The first-order valence-electron chi connectivity index (χ1n) is 13.0. The van der Waals surface area contributed by atoms with Crippen molar-refractivity contribution in [1.82, 2.24) is 15.3 Å². The van der Waals surface area contributed by atoms with E-state index in [1.54, 1.807) is 12.3 Å². The zero-order chi connectivity index (χ0) is 29.6. The number of rotatable bonds is 11. The summed E-state index contributed by atoms with van der Waals surface area (Å²) >= 11 is 12.2. The predicted octanol–water partition coefficient (Wildman–Crippen LogP) is 4.31. The molecule has 0 saturated carbocycles. The molecule has 41 heavy (non-hydrogen) atoms. The smallest absolute Gasteiger partial charge is 0.238 e. The molecule has 0 spiro atoms. The van der Waals surface area contributed by atoms with Crippen molar-refractivity contribution in [2.24, 2.45) is 0 Å². The largest absolute Gasteiger partial charge is 0.489 e. The number of hydrogen-bond acceptors (Lipinski definition) is 9. The van der Waals surface area contributed by atoms with Crippen LogP contribution in [0.5, 0.6) is 11.5 Å². The Balaban J connectivity index is 1.52. The molecule has 10 nitrogen and oxygen atoms in total. The Morgan fingerprint density at radius 2 is 1.85 bits per heavy atom. The van der Waals surface area contributed by atoms with Gasteiger partial charge in [-0.3, -0.25) is 4.72 Å². The molecule has 2 aromatic carbocycles. The fourth-order valence-corrected chi connectivity index (χ4v) is 5.27. The Morgan fingerprint density at radius 1 is 1.15 bits per heavy atom. The fourth-order valence-electron chi connectivity index (χ4n) is 4.49. The van der Waals surface area contributed by atoms with E-state index in [9.17, 15) is 13.7 Å². The maximum absolute atomic E-state index is 11.7. The van der Waals surface area contributed by atoms with Crippen molar-refractivity contribution in [3.05, 3.63) is 69.9 Å². The van der Waals surface area contributed by atoms with Gasteiger partial charge in [0.2, 0.25) is 16.0 Å². The lowest BCUT2D eigenvalue weighted by Gasteiger charge is -2.30. The number of benzene rings is 2. The van der Waals surface area contributed by atoms with Gasteiger partial charge >= 0.3 is 0 Å². The van der Waals surface area contributed by atoms with Crippen LogP contribution in [-0.2, 0) is 22.0 Å². The van der Waals surface area contributed by atoms with Crippen LogP contribution in [0.2, 0.25) is 5.02 Å². The van der Waals surface area contributed by atoms with Crippen molar-refractivity contribution in [2.45, 2.75) is 25.9 Å². The van der Waals surface area contributed by atoms with Crippen molar-refractivity contribution < 1.29 is 17.9 Å². The number of alkyl halides is 1. The molecule has 0 unspecified atom stereocenters. The number of halogens is 2. The van der Waals surface area contributed by atoms with Crippen molar-refractivity contribution in [1.29, 1.82) is 5.26 Å². The van der Waals surface area contributed by atoms with Crippen LogP contribution in [0.25, 0.3) is 0 Å². The van der Waals surface area contributed by atoms with Crippen molar-refractivity contribution in [3.8, 4) is 17.6 Å². The second-order valence-electron chi connectivity index (χ2n) is 10.1. The first-order chi connectivity index (χ1) is 19.5. The topological polar surface area (TPSA) is 129 Å². The van der Waals surface area contributed by atoms with Gasteiger partial charge in [-0.05, 0) is 35.4 Å². The normalized spacial score (nSPS) is 13.9. The molecule has 3 aromatic rings. The Morgan fingerprint density at radius 3 is 2.49 bits per heavy atom. The van der Waals surface area contributed by atoms with E-state index in [0.717, 1.165) is 49.1 Å². The molecule has 0 atom stereocenters. The van der Waals surface area contributed by atoms with Gasteiger partial charge in [0.05, 0.1) is 28.3 Å². The van der Waals surface area contributed by atoms with Crippen LogP contribution < -0.4 is 24.4 Å². The molecule has 0 bridgehead atoms. The van der Waals surface area contributed by atoms with Gasteiger partial charge in [-0.1, -0.05) is 37.6 Å². The highest BCUT2D eigenvalue weighted by atomic mass is 35.5. The Kier molecular flexibility index (Phi) is 9.81. The summed E-state index contributed by atoms with van der Waals surface area (Å²) in [6.07, 6.45) is 2.65. The molecule has 13 heteroatoms.